The largest absolute Gasteiger partial charge is 0.369 e. The average Bonchev–Trinajstić information content (AvgIpc) is 3.04. The zero-order valence-corrected chi connectivity index (χ0v) is 16.6. The van der Waals surface area contributed by atoms with Gasteiger partial charge in [-0.05, 0) is 59.3 Å². The van der Waals surface area contributed by atoms with Crippen LogP contribution in [0.1, 0.15) is 48.8 Å². The highest BCUT2D eigenvalue weighted by Gasteiger charge is 2.71. The Morgan fingerprint density at radius 3 is 2.72 bits per heavy atom. The van der Waals surface area contributed by atoms with Gasteiger partial charge in [0.25, 0.3) is 8.53 Å². The van der Waals surface area contributed by atoms with Crippen LogP contribution < -0.4 is 0 Å². The zero-order valence-electron chi connectivity index (χ0n) is 16.7. The molecule has 0 aromatic carbocycles. The van der Waals surface area contributed by atoms with Gasteiger partial charge in [0.1, 0.15) is 12.2 Å². The number of ether oxygens (including phenoxy) is 1. The van der Waals surface area contributed by atoms with E-state index in [0.29, 0.717) is 6.42 Å². The first-order valence-electron chi connectivity index (χ1n) is 9.70. The molecule has 3 aliphatic rings. The van der Waals surface area contributed by atoms with E-state index < -0.39 is 38.4 Å². The van der Waals surface area contributed by atoms with E-state index in [9.17, 15) is 0 Å². The molecule has 142 valence electrons. The SMILES string of the molecule is [2H][C@]12C[C@H]1C[C@@]1(OP(OCC[N+]#[C-])N(C(C)C)C(C)C)[C@@H]2O[C@@H](C)[C@@H]1F. The van der Waals surface area contributed by atoms with Crippen molar-refractivity contribution in [3.05, 3.63) is 11.4 Å². The van der Waals surface area contributed by atoms with Crippen molar-refractivity contribution < 1.29 is 19.5 Å². The molecule has 0 amide bonds. The fourth-order valence-electron chi connectivity index (χ4n) is 4.26. The van der Waals surface area contributed by atoms with Gasteiger partial charge in [0.2, 0.25) is 6.54 Å². The maximum atomic E-state index is 15.3. The van der Waals surface area contributed by atoms with Gasteiger partial charge in [-0.3, -0.25) is 0 Å². The molecule has 0 aromatic heterocycles. The molecular weight excluding hydrogens is 342 g/mol. The van der Waals surface area contributed by atoms with Crippen molar-refractivity contribution in [2.24, 2.45) is 11.8 Å². The summed E-state index contributed by atoms with van der Waals surface area (Å²) in [5.74, 6) is -0.572. The summed E-state index contributed by atoms with van der Waals surface area (Å²) in [6.07, 6.45) is -1.10. The van der Waals surface area contributed by atoms with Crippen LogP contribution in [-0.4, -0.2) is 53.9 Å². The molecule has 1 saturated heterocycles. The molecule has 7 atom stereocenters. The van der Waals surface area contributed by atoms with Crippen molar-refractivity contribution in [2.75, 3.05) is 13.2 Å². The molecule has 0 radical (unpaired) electrons. The Morgan fingerprint density at radius 2 is 2.12 bits per heavy atom. The predicted octanol–water partition coefficient (Wildman–Crippen LogP) is 4.19. The summed E-state index contributed by atoms with van der Waals surface area (Å²) >= 11 is 0. The van der Waals surface area contributed by atoms with Gasteiger partial charge >= 0.3 is 0 Å². The first kappa shape index (κ1) is 18.1. The summed E-state index contributed by atoms with van der Waals surface area (Å²) in [4.78, 5) is 3.34. The van der Waals surface area contributed by atoms with E-state index in [0.717, 1.165) is 6.42 Å². The van der Waals surface area contributed by atoms with Gasteiger partial charge in [0, 0.05) is 13.5 Å². The number of hydrogen-bond acceptors (Lipinski definition) is 4. The lowest BCUT2D eigenvalue weighted by atomic mass is 9.90. The maximum absolute atomic E-state index is 15.3. The molecular formula is C18H30FN2O3P. The normalized spacial score (nSPS) is 43.9. The summed E-state index contributed by atoms with van der Waals surface area (Å²) in [6, 6.07) is 0.310. The first-order valence-corrected chi connectivity index (χ1v) is 10.3. The average molecular weight is 373 g/mol. The molecule has 0 bridgehead atoms. The van der Waals surface area contributed by atoms with Crippen LogP contribution in [-0.2, 0) is 13.8 Å². The summed E-state index contributed by atoms with van der Waals surface area (Å²) in [5, 5.41) is 0. The Balaban J connectivity index is 1.86. The second-order valence-electron chi connectivity index (χ2n) is 7.87. The number of alkyl halides is 1. The van der Waals surface area contributed by atoms with Gasteiger partial charge in [-0.2, -0.15) is 0 Å². The number of nitrogens with zero attached hydrogens (tertiary/aromatic N) is 2. The smallest absolute Gasteiger partial charge is 0.260 e. The van der Waals surface area contributed by atoms with Gasteiger partial charge in [0.05, 0.1) is 12.2 Å². The molecule has 2 aliphatic carbocycles. The summed E-state index contributed by atoms with van der Waals surface area (Å²) in [7, 11) is -1.55. The predicted molar refractivity (Wildman–Crippen MR) is 95.7 cm³/mol. The van der Waals surface area contributed by atoms with Gasteiger partial charge in [-0.25, -0.2) is 15.6 Å². The molecule has 1 aliphatic heterocycles. The van der Waals surface area contributed by atoms with Crippen LogP contribution in [0.4, 0.5) is 4.39 Å². The third-order valence-electron chi connectivity index (χ3n) is 5.32. The lowest BCUT2D eigenvalue weighted by molar-refractivity contribution is -0.0428. The Hall–Kier alpha value is -0.310. The third-order valence-corrected chi connectivity index (χ3v) is 7.52. The fraction of sp³-hybridized carbons (Fsp3) is 0.944. The molecule has 1 heterocycles. The number of halogens is 1. The van der Waals surface area contributed by atoms with E-state index in [4.69, 9.17) is 21.7 Å². The second kappa shape index (κ2) is 7.37. The molecule has 0 aromatic rings. The topological polar surface area (TPSA) is 35.3 Å². The van der Waals surface area contributed by atoms with Crippen molar-refractivity contribution in [2.45, 2.75) is 83.5 Å². The molecule has 0 spiro atoms. The van der Waals surface area contributed by atoms with Crippen LogP contribution in [0.15, 0.2) is 0 Å². The minimum Gasteiger partial charge on any atom is -0.369 e. The quantitative estimate of drug-likeness (QED) is 0.363. The minimum absolute atomic E-state index is 0.143. The van der Waals surface area contributed by atoms with Crippen LogP contribution in [0, 0.1) is 18.4 Å². The summed E-state index contributed by atoms with van der Waals surface area (Å²) < 4.78 is 44.3. The van der Waals surface area contributed by atoms with Gasteiger partial charge < -0.3 is 18.6 Å². The van der Waals surface area contributed by atoms with E-state index in [-0.39, 0.29) is 31.2 Å². The summed E-state index contributed by atoms with van der Waals surface area (Å²) in [5.41, 5.74) is -1.10. The van der Waals surface area contributed by atoms with Crippen molar-refractivity contribution >= 4 is 8.53 Å². The van der Waals surface area contributed by atoms with Crippen molar-refractivity contribution in [1.29, 1.82) is 0 Å². The zero-order chi connectivity index (χ0) is 19.3. The van der Waals surface area contributed by atoms with Gasteiger partial charge in [-0.1, -0.05) is 0 Å². The highest BCUT2D eigenvalue weighted by Crippen LogP contribution is 2.66. The van der Waals surface area contributed by atoms with Crippen LogP contribution in [0.25, 0.3) is 4.85 Å². The lowest BCUT2D eigenvalue weighted by Gasteiger charge is -2.41. The van der Waals surface area contributed by atoms with Crippen molar-refractivity contribution in [3.63, 3.8) is 0 Å². The minimum atomic E-state index is -1.55. The number of hydrogen-bond donors (Lipinski definition) is 0. The summed E-state index contributed by atoms with van der Waals surface area (Å²) in [6.45, 7) is 17.4. The third kappa shape index (κ3) is 3.47. The van der Waals surface area contributed by atoms with Crippen LogP contribution >= 0.6 is 8.53 Å². The van der Waals surface area contributed by atoms with Crippen LogP contribution in [0.5, 0.6) is 0 Å². The van der Waals surface area contributed by atoms with E-state index in [1.165, 1.54) is 0 Å². The second-order valence-corrected chi connectivity index (χ2v) is 9.25. The molecule has 5 nitrogen and oxygen atoms in total. The highest BCUT2D eigenvalue weighted by atomic mass is 31.2. The Kier molecular flexibility index (Phi) is 5.33. The van der Waals surface area contributed by atoms with Gasteiger partial charge in [-0.15, -0.1) is 0 Å². The van der Waals surface area contributed by atoms with E-state index >= 15 is 4.39 Å². The fourth-order valence-corrected chi connectivity index (χ4v) is 6.09. The van der Waals surface area contributed by atoms with Crippen molar-refractivity contribution in [3.8, 4) is 0 Å². The highest BCUT2D eigenvalue weighted by molar-refractivity contribution is 7.44. The molecule has 3 rings (SSSR count). The van der Waals surface area contributed by atoms with E-state index in [1.807, 2.05) is 0 Å². The number of fused-ring (bicyclic) bond motifs is 3. The molecule has 1 unspecified atom stereocenters. The first-order chi connectivity index (χ1) is 12.2. The Bertz CT molecular complexity index is 569. The van der Waals surface area contributed by atoms with Crippen LogP contribution in [0.2, 0.25) is 0 Å². The standard InChI is InChI=1S/C18H30FN2O3P/c1-11(2)21(12(3)4)25(22-8-7-20-6)24-18-10-14-9-15(14)17(18)23-13(5)16(18)19/h11-17H,7-10H2,1-5H3/t13-,14-,15-,16-,17+,18-,25?/m0/s1/i15D. The Morgan fingerprint density at radius 1 is 1.44 bits per heavy atom. The molecule has 7 heteroatoms. The maximum Gasteiger partial charge on any atom is 0.260 e. The lowest BCUT2D eigenvalue weighted by Crippen LogP contribution is -2.47. The molecule has 0 N–H and O–H groups in total. The number of rotatable bonds is 8. The van der Waals surface area contributed by atoms with E-state index in [1.54, 1.807) is 6.92 Å². The van der Waals surface area contributed by atoms with Crippen LogP contribution in [0.3, 0.4) is 0 Å². The Labute approximate surface area is 153 Å². The van der Waals surface area contributed by atoms with Crippen molar-refractivity contribution in [1.82, 2.24) is 4.67 Å². The molecule has 25 heavy (non-hydrogen) atoms. The molecule has 3 fully saturated rings. The molecule has 2 saturated carbocycles. The monoisotopic (exact) mass is 373 g/mol. The van der Waals surface area contributed by atoms with Gasteiger partial charge in [0.15, 0.2) is 6.17 Å². The van der Waals surface area contributed by atoms with E-state index in [2.05, 4.69) is 37.2 Å².